The summed E-state index contributed by atoms with van der Waals surface area (Å²) in [4.78, 5) is 15.3. The zero-order valence-electron chi connectivity index (χ0n) is 16.8. The summed E-state index contributed by atoms with van der Waals surface area (Å²) in [5, 5.41) is 7.52. The Morgan fingerprint density at radius 3 is 2.33 bits per heavy atom. The Morgan fingerprint density at radius 1 is 0.967 bits per heavy atom. The van der Waals surface area contributed by atoms with Crippen LogP contribution in [0.25, 0.3) is 11.3 Å². The first-order chi connectivity index (χ1) is 14.7. The Hall–Kier alpha value is -3.80. The van der Waals surface area contributed by atoms with E-state index in [1.807, 2.05) is 79.5 Å². The van der Waals surface area contributed by atoms with Crippen molar-refractivity contribution >= 4 is 24.9 Å². The summed E-state index contributed by atoms with van der Waals surface area (Å²) < 4.78 is 5.28. The molecule has 1 aliphatic rings. The van der Waals surface area contributed by atoms with Crippen molar-refractivity contribution < 1.29 is 9.53 Å². The summed E-state index contributed by atoms with van der Waals surface area (Å²) in [5.41, 5.74) is 6.22. The third-order valence-electron chi connectivity index (χ3n) is 5.56. The smallest absolute Gasteiger partial charge is 0.277 e. The summed E-state index contributed by atoms with van der Waals surface area (Å²) in [5.74, 6) is 0.706. The van der Waals surface area contributed by atoms with Gasteiger partial charge in [-0.2, -0.15) is 5.10 Å². The summed E-state index contributed by atoms with van der Waals surface area (Å²) in [6.07, 6.45) is 0. The zero-order valence-corrected chi connectivity index (χ0v) is 16.8. The maximum Gasteiger partial charge on any atom is 0.277 e. The topological polar surface area (TPSA) is 58.2 Å². The first-order valence-corrected chi connectivity index (χ1v) is 9.85. The van der Waals surface area contributed by atoms with Crippen molar-refractivity contribution in [2.75, 3.05) is 12.0 Å². The molecule has 0 saturated heterocycles. The third-order valence-corrected chi connectivity index (χ3v) is 5.56. The molecule has 1 N–H and O–H groups in total. The van der Waals surface area contributed by atoms with Gasteiger partial charge in [-0.3, -0.25) is 14.8 Å². The van der Waals surface area contributed by atoms with Crippen LogP contribution in [0.15, 0.2) is 78.9 Å². The Balaban J connectivity index is 1.69. The van der Waals surface area contributed by atoms with Gasteiger partial charge in [-0.15, -0.1) is 0 Å². The third kappa shape index (κ3) is 2.89. The van der Waals surface area contributed by atoms with Crippen LogP contribution in [0.3, 0.4) is 0 Å². The molecule has 2 heterocycles. The minimum absolute atomic E-state index is 0.0741. The lowest BCUT2D eigenvalue weighted by atomic mass is 9.94. The zero-order chi connectivity index (χ0) is 20.7. The molecule has 5 nitrogen and oxygen atoms in total. The average molecular weight is 393 g/mol. The lowest BCUT2D eigenvalue weighted by molar-refractivity contribution is 0.0989. The van der Waals surface area contributed by atoms with Gasteiger partial charge in [0.15, 0.2) is 0 Å². The fourth-order valence-electron chi connectivity index (χ4n) is 4.04. The van der Waals surface area contributed by atoms with Crippen LogP contribution in [-0.2, 0) is 0 Å². The molecule has 5 rings (SSSR count). The Labute approximate surface area is 175 Å². The Bertz CT molecular complexity index is 1200. The van der Waals surface area contributed by atoms with Gasteiger partial charge in [0.2, 0.25) is 0 Å². The highest BCUT2D eigenvalue weighted by Gasteiger charge is 2.42. The number of methoxy groups -OCH3 is 1. The molecule has 1 atom stereocenters. The number of aromatic nitrogens is 2. The maximum atomic E-state index is 13.4. The van der Waals surface area contributed by atoms with E-state index in [2.05, 4.69) is 22.3 Å². The molecular formula is C24H20BN3O2. The number of nitrogens with one attached hydrogen (secondary N) is 1. The summed E-state index contributed by atoms with van der Waals surface area (Å²) in [7, 11) is 3.68. The lowest BCUT2D eigenvalue weighted by Gasteiger charge is -2.26. The number of hydrogen-bond acceptors (Lipinski definition) is 3. The largest absolute Gasteiger partial charge is 0.497 e. The minimum atomic E-state index is -0.257. The molecule has 4 aromatic rings. The van der Waals surface area contributed by atoms with Crippen LogP contribution in [0, 0.1) is 0 Å². The predicted molar refractivity (Wildman–Crippen MR) is 120 cm³/mol. The van der Waals surface area contributed by atoms with Gasteiger partial charge < -0.3 is 4.74 Å². The monoisotopic (exact) mass is 393 g/mol. The standard InChI is InChI=1S/C24H20BN3O2/c1-30-19-13-7-15(8-14-19)21-20-22(27-26-21)24(29)28(18-11-9-17(25)10-12-18)23(20)16-5-3-2-4-6-16/h2-14,23H,25H2,1H3,(H,26,27). The van der Waals surface area contributed by atoms with Crippen LogP contribution in [-0.4, -0.2) is 31.1 Å². The molecule has 30 heavy (non-hydrogen) atoms. The van der Waals surface area contributed by atoms with Gasteiger partial charge in [0.1, 0.15) is 19.3 Å². The highest BCUT2D eigenvalue weighted by molar-refractivity contribution is 6.32. The van der Waals surface area contributed by atoms with E-state index >= 15 is 0 Å². The normalized spacial score (nSPS) is 15.3. The molecular weight excluding hydrogens is 373 g/mol. The molecule has 1 aromatic heterocycles. The summed E-state index contributed by atoms with van der Waals surface area (Å²) in [6, 6.07) is 25.6. The van der Waals surface area contributed by atoms with E-state index in [4.69, 9.17) is 4.74 Å². The highest BCUT2D eigenvalue weighted by Crippen LogP contribution is 2.44. The van der Waals surface area contributed by atoms with Gasteiger partial charge in [0.25, 0.3) is 5.91 Å². The van der Waals surface area contributed by atoms with Gasteiger partial charge in [-0.1, -0.05) is 47.9 Å². The van der Waals surface area contributed by atoms with Gasteiger partial charge in [0.05, 0.1) is 18.8 Å². The molecule has 0 saturated carbocycles. The SMILES string of the molecule is Bc1ccc(N2C(=O)c3[nH]nc(-c4ccc(OC)cc4)c3C2c2ccccc2)cc1. The van der Waals surface area contributed by atoms with E-state index in [0.717, 1.165) is 39.3 Å². The second-order valence-corrected chi connectivity index (χ2v) is 7.41. The molecule has 0 bridgehead atoms. The first-order valence-electron chi connectivity index (χ1n) is 9.85. The Kier molecular flexibility index (Phi) is 4.40. The van der Waals surface area contributed by atoms with Gasteiger partial charge in [-0.05, 0) is 42.0 Å². The van der Waals surface area contributed by atoms with E-state index in [-0.39, 0.29) is 11.9 Å². The van der Waals surface area contributed by atoms with Crippen LogP contribution in [0.4, 0.5) is 5.69 Å². The van der Waals surface area contributed by atoms with Crippen molar-refractivity contribution in [1.82, 2.24) is 10.2 Å². The van der Waals surface area contributed by atoms with Gasteiger partial charge >= 0.3 is 0 Å². The molecule has 146 valence electrons. The number of ether oxygens (including phenoxy) is 1. The summed E-state index contributed by atoms with van der Waals surface area (Å²) in [6.45, 7) is 0. The van der Waals surface area contributed by atoms with Crippen molar-refractivity contribution in [1.29, 1.82) is 0 Å². The fourth-order valence-corrected chi connectivity index (χ4v) is 4.04. The first kappa shape index (κ1) is 18.2. The number of benzene rings is 3. The van der Waals surface area contributed by atoms with Crippen LogP contribution in [0.2, 0.25) is 0 Å². The molecule has 0 fully saturated rings. The van der Waals surface area contributed by atoms with E-state index in [9.17, 15) is 4.79 Å². The molecule has 0 radical (unpaired) electrons. The minimum Gasteiger partial charge on any atom is -0.497 e. The number of rotatable bonds is 4. The number of anilines is 1. The quantitative estimate of drug-likeness (QED) is 0.542. The number of fused-ring (bicyclic) bond motifs is 1. The molecule has 6 heteroatoms. The molecule has 1 amide bonds. The molecule has 1 aliphatic heterocycles. The fraction of sp³-hybridized carbons (Fsp3) is 0.0833. The second-order valence-electron chi connectivity index (χ2n) is 7.41. The van der Waals surface area contributed by atoms with E-state index in [0.29, 0.717) is 5.69 Å². The molecule has 0 spiro atoms. The van der Waals surface area contributed by atoms with Crippen LogP contribution in [0.5, 0.6) is 5.75 Å². The lowest BCUT2D eigenvalue weighted by Crippen LogP contribution is -2.29. The van der Waals surface area contributed by atoms with Crippen molar-refractivity contribution in [3.63, 3.8) is 0 Å². The van der Waals surface area contributed by atoms with Crippen molar-refractivity contribution in [2.45, 2.75) is 6.04 Å². The van der Waals surface area contributed by atoms with E-state index < -0.39 is 0 Å². The maximum absolute atomic E-state index is 13.4. The Morgan fingerprint density at radius 2 is 1.67 bits per heavy atom. The number of carbonyl (C=O) groups is 1. The number of H-pyrrole nitrogens is 1. The van der Waals surface area contributed by atoms with E-state index in [1.165, 1.54) is 0 Å². The number of nitrogens with zero attached hydrogens (tertiary/aromatic N) is 2. The van der Waals surface area contributed by atoms with Crippen molar-refractivity contribution in [3.8, 4) is 17.0 Å². The molecule has 1 unspecified atom stereocenters. The predicted octanol–water partition coefficient (Wildman–Crippen LogP) is 3.09. The van der Waals surface area contributed by atoms with Gasteiger partial charge in [0, 0.05) is 16.8 Å². The van der Waals surface area contributed by atoms with Gasteiger partial charge in [-0.25, -0.2) is 0 Å². The van der Waals surface area contributed by atoms with E-state index in [1.54, 1.807) is 7.11 Å². The van der Waals surface area contributed by atoms with Crippen LogP contribution >= 0.6 is 0 Å². The van der Waals surface area contributed by atoms with Crippen molar-refractivity contribution in [3.05, 3.63) is 95.7 Å². The number of aromatic amines is 1. The van der Waals surface area contributed by atoms with Crippen LogP contribution in [0.1, 0.15) is 27.7 Å². The second kappa shape index (κ2) is 7.23. The number of carbonyl (C=O) groups excluding carboxylic acids is 1. The summed E-state index contributed by atoms with van der Waals surface area (Å²) >= 11 is 0. The molecule has 3 aromatic carbocycles. The number of hydrogen-bond donors (Lipinski definition) is 1. The van der Waals surface area contributed by atoms with Crippen molar-refractivity contribution in [2.24, 2.45) is 0 Å². The number of amides is 1. The van der Waals surface area contributed by atoms with Crippen LogP contribution < -0.4 is 15.1 Å². The molecule has 0 aliphatic carbocycles. The highest BCUT2D eigenvalue weighted by atomic mass is 16.5. The average Bonchev–Trinajstić information content (AvgIpc) is 3.34.